The maximum Gasteiger partial charge on any atom is 0.161 e. The zero-order chi connectivity index (χ0) is 13.8. The van der Waals surface area contributed by atoms with Gasteiger partial charge in [0.15, 0.2) is 6.29 Å². The molecule has 2 aliphatic rings. The first-order chi connectivity index (χ1) is 9.13. The van der Waals surface area contributed by atoms with Crippen LogP contribution in [0.25, 0.3) is 0 Å². The van der Waals surface area contributed by atoms with Crippen molar-refractivity contribution in [2.75, 3.05) is 20.8 Å². The van der Waals surface area contributed by atoms with E-state index in [1.54, 1.807) is 14.2 Å². The molecule has 6 atom stereocenters. The van der Waals surface area contributed by atoms with Crippen LogP contribution >= 0.6 is 0 Å². The Balaban J connectivity index is 1.93. The van der Waals surface area contributed by atoms with Crippen molar-refractivity contribution >= 4 is 0 Å². The van der Waals surface area contributed by atoms with E-state index in [9.17, 15) is 0 Å². The van der Waals surface area contributed by atoms with Gasteiger partial charge in [-0.2, -0.15) is 0 Å². The van der Waals surface area contributed by atoms with Gasteiger partial charge in [0.05, 0.1) is 24.4 Å². The topological polar surface area (TPSA) is 46.2 Å². The van der Waals surface area contributed by atoms with Gasteiger partial charge in [0.25, 0.3) is 0 Å². The van der Waals surface area contributed by atoms with Crippen LogP contribution in [0.2, 0.25) is 0 Å². The van der Waals surface area contributed by atoms with E-state index in [1.165, 1.54) is 0 Å². The summed E-state index contributed by atoms with van der Waals surface area (Å²) in [6.07, 6.45) is 2.69. The largest absolute Gasteiger partial charge is 0.381 e. The third-order valence-electron chi connectivity index (χ3n) is 3.99. The predicted octanol–water partition coefficient (Wildman–Crippen LogP) is 1.74. The first-order valence-electron chi connectivity index (χ1n) is 7.12. The van der Waals surface area contributed by atoms with Crippen molar-refractivity contribution in [2.45, 2.75) is 69.9 Å². The fourth-order valence-electron chi connectivity index (χ4n) is 2.89. The first-order valence-corrected chi connectivity index (χ1v) is 7.12. The number of hydrogen-bond donors (Lipinski definition) is 0. The van der Waals surface area contributed by atoms with Crippen LogP contribution in [0.1, 0.15) is 33.1 Å². The lowest BCUT2D eigenvalue weighted by atomic mass is 10.0. The van der Waals surface area contributed by atoms with Crippen LogP contribution in [0, 0.1) is 0 Å². The predicted molar refractivity (Wildman–Crippen MR) is 70.1 cm³/mol. The highest BCUT2D eigenvalue weighted by Crippen LogP contribution is 2.27. The number of hydrogen-bond acceptors (Lipinski definition) is 5. The van der Waals surface area contributed by atoms with Gasteiger partial charge in [0.2, 0.25) is 0 Å². The molecule has 0 aromatic carbocycles. The zero-order valence-corrected chi connectivity index (χ0v) is 12.3. The first kappa shape index (κ1) is 15.2. The molecule has 2 fully saturated rings. The lowest BCUT2D eigenvalue weighted by molar-refractivity contribution is -0.272. The molecule has 0 aromatic rings. The second kappa shape index (κ2) is 6.99. The number of methoxy groups -OCH3 is 2. The normalized spacial score (nSPS) is 44.2. The van der Waals surface area contributed by atoms with Gasteiger partial charge in [0, 0.05) is 27.2 Å². The molecule has 2 saturated heterocycles. The molecular formula is C14H26O5. The minimum absolute atomic E-state index is 0.0283. The molecule has 0 aromatic heterocycles. The molecule has 2 rings (SSSR count). The molecule has 112 valence electrons. The van der Waals surface area contributed by atoms with Crippen LogP contribution in [0.3, 0.4) is 0 Å². The monoisotopic (exact) mass is 274 g/mol. The van der Waals surface area contributed by atoms with Gasteiger partial charge in [-0.3, -0.25) is 0 Å². The SMILES string of the molecule is CO[C@H]1CC(C)OC(OC2C(C)OCC[C@H]2OC)C1. The van der Waals surface area contributed by atoms with Crippen molar-refractivity contribution in [1.82, 2.24) is 0 Å². The van der Waals surface area contributed by atoms with Crippen LogP contribution in [0.4, 0.5) is 0 Å². The van der Waals surface area contributed by atoms with Crippen molar-refractivity contribution in [3.05, 3.63) is 0 Å². The van der Waals surface area contributed by atoms with Crippen molar-refractivity contribution < 1.29 is 23.7 Å². The smallest absolute Gasteiger partial charge is 0.161 e. The Morgan fingerprint density at radius 2 is 1.84 bits per heavy atom. The average Bonchev–Trinajstić information content (AvgIpc) is 2.40. The van der Waals surface area contributed by atoms with E-state index in [0.717, 1.165) is 25.9 Å². The highest BCUT2D eigenvalue weighted by molar-refractivity contribution is 4.82. The van der Waals surface area contributed by atoms with Gasteiger partial charge in [0.1, 0.15) is 6.10 Å². The quantitative estimate of drug-likeness (QED) is 0.781. The summed E-state index contributed by atoms with van der Waals surface area (Å²) in [5, 5.41) is 0. The van der Waals surface area contributed by atoms with E-state index in [-0.39, 0.29) is 36.8 Å². The number of rotatable bonds is 4. The van der Waals surface area contributed by atoms with Crippen molar-refractivity contribution in [3.63, 3.8) is 0 Å². The van der Waals surface area contributed by atoms with Crippen molar-refractivity contribution in [3.8, 4) is 0 Å². The van der Waals surface area contributed by atoms with Crippen LogP contribution in [-0.4, -0.2) is 57.6 Å². The summed E-state index contributed by atoms with van der Waals surface area (Å²) in [6, 6.07) is 0. The summed E-state index contributed by atoms with van der Waals surface area (Å²) in [4.78, 5) is 0. The van der Waals surface area contributed by atoms with E-state index < -0.39 is 0 Å². The molecule has 0 bridgehead atoms. The molecule has 0 N–H and O–H groups in total. The Morgan fingerprint density at radius 1 is 1.05 bits per heavy atom. The summed E-state index contributed by atoms with van der Waals surface area (Å²) in [7, 11) is 3.46. The molecule has 0 spiro atoms. The molecule has 19 heavy (non-hydrogen) atoms. The molecule has 2 heterocycles. The second-order valence-electron chi connectivity index (χ2n) is 5.44. The molecular weight excluding hydrogens is 248 g/mol. The molecule has 0 amide bonds. The third-order valence-corrected chi connectivity index (χ3v) is 3.99. The Morgan fingerprint density at radius 3 is 2.53 bits per heavy atom. The van der Waals surface area contributed by atoms with E-state index >= 15 is 0 Å². The van der Waals surface area contributed by atoms with Gasteiger partial charge in [-0.1, -0.05) is 0 Å². The Bertz CT molecular complexity index is 273. The summed E-state index contributed by atoms with van der Waals surface area (Å²) >= 11 is 0. The molecule has 0 saturated carbocycles. The maximum absolute atomic E-state index is 6.10. The van der Waals surface area contributed by atoms with Gasteiger partial charge < -0.3 is 23.7 Å². The van der Waals surface area contributed by atoms with Gasteiger partial charge in [-0.05, 0) is 26.7 Å². The molecule has 5 heteroatoms. The van der Waals surface area contributed by atoms with E-state index in [2.05, 4.69) is 6.92 Å². The minimum Gasteiger partial charge on any atom is -0.381 e. The number of ether oxygens (including phenoxy) is 5. The van der Waals surface area contributed by atoms with Gasteiger partial charge in [-0.15, -0.1) is 0 Å². The van der Waals surface area contributed by atoms with Crippen molar-refractivity contribution in [1.29, 1.82) is 0 Å². The molecule has 2 aliphatic heterocycles. The molecule has 0 aliphatic carbocycles. The van der Waals surface area contributed by atoms with E-state index in [1.807, 2.05) is 6.92 Å². The maximum atomic E-state index is 6.10. The summed E-state index contributed by atoms with van der Waals surface area (Å²) in [6.45, 7) is 4.80. The fraction of sp³-hybridized carbons (Fsp3) is 1.00. The van der Waals surface area contributed by atoms with Crippen LogP contribution in [-0.2, 0) is 23.7 Å². The highest BCUT2D eigenvalue weighted by atomic mass is 16.7. The Hall–Kier alpha value is -0.200. The average molecular weight is 274 g/mol. The third kappa shape index (κ3) is 3.89. The highest BCUT2D eigenvalue weighted by Gasteiger charge is 2.37. The summed E-state index contributed by atoms with van der Waals surface area (Å²) in [5.74, 6) is 0. The van der Waals surface area contributed by atoms with E-state index in [4.69, 9.17) is 23.7 Å². The van der Waals surface area contributed by atoms with Crippen molar-refractivity contribution in [2.24, 2.45) is 0 Å². The van der Waals surface area contributed by atoms with E-state index in [0.29, 0.717) is 0 Å². The lowest BCUT2D eigenvalue weighted by Crippen LogP contribution is -2.49. The van der Waals surface area contributed by atoms with Gasteiger partial charge >= 0.3 is 0 Å². The summed E-state index contributed by atoms with van der Waals surface area (Å²) < 4.78 is 28.5. The van der Waals surface area contributed by atoms with Gasteiger partial charge in [-0.25, -0.2) is 0 Å². The lowest BCUT2D eigenvalue weighted by Gasteiger charge is -2.40. The molecule has 5 nitrogen and oxygen atoms in total. The Kier molecular flexibility index (Phi) is 5.59. The zero-order valence-electron chi connectivity index (χ0n) is 12.3. The molecule has 4 unspecified atom stereocenters. The molecule has 0 radical (unpaired) electrons. The fourth-order valence-corrected chi connectivity index (χ4v) is 2.89. The van der Waals surface area contributed by atoms with Crippen LogP contribution in [0.5, 0.6) is 0 Å². The second-order valence-corrected chi connectivity index (χ2v) is 5.44. The Labute approximate surface area is 115 Å². The van der Waals surface area contributed by atoms with Crippen LogP contribution in [0.15, 0.2) is 0 Å². The minimum atomic E-state index is -0.236. The van der Waals surface area contributed by atoms with Crippen LogP contribution < -0.4 is 0 Å². The standard InChI is InChI=1S/C14H26O5/c1-9-7-11(15-3)8-13(18-9)19-14-10(2)17-6-5-12(14)16-4/h9-14H,5-8H2,1-4H3/t9?,10?,11-,12+,13?,14?/m0/s1. The summed E-state index contributed by atoms with van der Waals surface area (Å²) in [5.41, 5.74) is 0.